The Hall–Kier alpha value is -2.86. The first-order valence-corrected chi connectivity index (χ1v) is 11.2. The highest BCUT2D eigenvalue weighted by Crippen LogP contribution is 2.80. The molecule has 1 heterocycles. The zero-order valence-electron chi connectivity index (χ0n) is 18.4. The fourth-order valence-electron chi connectivity index (χ4n) is 5.60. The Morgan fingerprint density at radius 2 is 1.69 bits per heavy atom. The third kappa shape index (κ3) is 3.81. The summed E-state index contributed by atoms with van der Waals surface area (Å²) >= 11 is 5.79. The van der Waals surface area contributed by atoms with E-state index in [4.69, 9.17) is 16.3 Å². The summed E-state index contributed by atoms with van der Waals surface area (Å²) in [6.07, 6.45) is -3.43. The third-order valence-electron chi connectivity index (χ3n) is 7.24. The molecule has 0 unspecified atom stereocenters. The maximum absolute atomic E-state index is 16.2. The number of hydrogen-bond donors (Lipinski definition) is 1. The van der Waals surface area contributed by atoms with Gasteiger partial charge in [0.2, 0.25) is 0 Å². The molecule has 36 heavy (non-hydrogen) atoms. The van der Waals surface area contributed by atoms with Crippen LogP contribution in [0.4, 0.5) is 26.3 Å². The largest absolute Gasteiger partial charge is 0.484 e. The Labute approximate surface area is 205 Å². The Morgan fingerprint density at radius 3 is 2.25 bits per heavy atom. The van der Waals surface area contributed by atoms with E-state index >= 15 is 8.78 Å². The lowest BCUT2D eigenvalue weighted by atomic mass is 9.30. The van der Waals surface area contributed by atoms with Crippen molar-refractivity contribution in [2.45, 2.75) is 48.9 Å². The first kappa shape index (κ1) is 24.8. The van der Waals surface area contributed by atoms with Crippen LogP contribution in [-0.4, -0.2) is 44.0 Å². The van der Waals surface area contributed by atoms with Crippen LogP contribution in [0.3, 0.4) is 0 Å². The van der Waals surface area contributed by atoms with Gasteiger partial charge in [-0.3, -0.25) is 0 Å². The number of hydrogen-bond acceptors (Lipinski definition) is 5. The number of nitrogens with zero attached hydrogens (tertiary/aromatic N) is 4. The zero-order valence-corrected chi connectivity index (χ0v) is 19.2. The Balaban J connectivity index is 1.39. The van der Waals surface area contributed by atoms with Crippen molar-refractivity contribution in [2.24, 2.45) is 5.41 Å². The molecule has 0 spiro atoms. The number of benzene rings is 2. The van der Waals surface area contributed by atoms with E-state index in [9.17, 15) is 22.7 Å². The second kappa shape index (κ2) is 8.07. The number of alkyl halides is 5. The average molecular weight is 533 g/mol. The minimum absolute atomic E-state index is 0.00286. The number of rotatable bonds is 8. The van der Waals surface area contributed by atoms with Gasteiger partial charge in [-0.05, 0) is 64.9 Å². The predicted molar refractivity (Wildman–Crippen MR) is 114 cm³/mol. The molecular formula is C23H19ClF6N4O2. The Kier molecular flexibility index (Phi) is 5.56. The molecule has 6 nitrogen and oxygen atoms in total. The minimum atomic E-state index is -4.48. The zero-order chi connectivity index (χ0) is 26.0. The highest BCUT2D eigenvalue weighted by atomic mass is 35.5. The first-order valence-electron chi connectivity index (χ1n) is 10.9. The lowest BCUT2D eigenvalue weighted by molar-refractivity contribution is -0.347. The Morgan fingerprint density at radius 1 is 1.03 bits per heavy atom. The smallest absolute Gasteiger partial charge is 0.422 e. The summed E-state index contributed by atoms with van der Waals surface area (Å²) < 4.78 is 89.9. The normalized spacial score (nSPS) is 25.0. The molecule has 192 valence electrons. The fourth-order valence-corrected chi connectivity index (χ4v) is 5.76. The van der Waals surface area contributed by atoms with Crippen LogP contribution in [0, 0.1) is 11.2 Å². The van der Waals surface area contributed by atoms with E-state index in [1.54, 1.807) is 12.1 Å². The summed E-state index contributed by atoms with van der Waals surface area (Å²) in [6, 6.07) is 8.93. The quantitative estimate of drug-likeness (QED) is 0.411. The maximum Gasteiger partial charge on any atom is 0.422 e. The molecule has 0 radical (unpaired) electrons. The fraction of sp³-hybridized carbons (Fsp3) is 0.435. The van der Waals surface area contributed by atoms with Gasteiger partial charge >= 0.3 is 6.18 Å². The molecule has 2 bridgehead atoms. The monoisotopic (exact) mass is 532 g/mol. The number of aromatic nitrogens is 4. The summed E-state index contributed by atoms with van der Waals surface area (Å²) in [4.78, 5) is 0. The predicted octanol–water partition coefficient (Wildman–Crippen LogP) is 5.05. The van der Waals surface area contributed by atoms with Gasteiger partial charge in [-0.1, -0.05) is 29.8 Å². The number of halogens is 7. The van der Waals surface area contributed by atoms with Gasteiger partial charge in [-0.25, -0.2) is 17.9 Å². The number of ether oxygens (including phenoxy) is 1. The van der Waals surface area contributed by atoms with Crippen molar-refractivity contribution in [3.05, 3.63) is 70.8 Å². The van der Waals surface area contributed by atoms with E-state index in [1.165, 1.54) is 18.2 Å². The second-order valence-corrected chi connectivity index (χ2v) is 10.0. The van der Waals surface area contributed by atoms with Crippen LogP contribution < -0.4 is 4.74 Å². The lowest BCUT2D eigenvalue weighted by Gasteiger charge is -2.74. The van der Waals surface area contributed by atoms with E-state index in [-0.39, 0.29) is 30.0 Å². The van der Waals surface area contributed by atoms with Crippen molar-refractivity contribution in [2.75, 3.05) is 6.61 Å². The Bertz CT molecular complexity index is 1250. The highest BCUT2D eigenvalue weighted by molar-refractivity contribution is 6.30. The van der Waals surface area contributed by atoms with E-state index in [2.05, 4.69) is 15.5 Å². The molecule has 1 atom stereocenters. The molecule has 13 heteroatoms. The van der Waals surface area contributed by atoms with Gasteiger partial charge < -0.3 is 9.84 Å². The molecule has 3 fully saturated rings. The van der Waals surface area contributed by atoms with Gasteiger partial charge in [0, 0.05) is 16.0 Å². The van der Waals surface area contributed by atoms with E-state index in [0.29, 0.717) is 5.56 Å². The maximum atomic E-state index is 16.2. The van der Waals surface area contributed by atoms with Gasteiger partial charge in [0.15, 0.2) is 12.2 Å². The molecule has 0 saturated heterocycles. The summed E-state index contributed by atoms with van der Waals surface area (Å²) in [5.74, 6) is -4.87. The van der Waals surface area contributed by atoms with Crippen molar-refractivity contribution < 1.29 is 36.2 Å². The van der Waals surface area contributed by atoms with Crippen LogP contribution in [0.15, 0.2) is 48.8 Å². The molecule has 0 amide bonds. The van der Waals surface area contributed by atoms with Gasteiger partial charge in [-0.2, -0.15) is 13.2 Å². The molecule has 3 aromatic rings. The molecule has 1 N–H and O–H groups in total. The van der Waals surface area contributed by atoms with Crippen LogP contribution in [-0.2, 0) is 17.6 Å². The molecule has 0 aliphatic heterocycles. The van der Waals surface area contributed by atoms with Crippen molar-refractivity contribution in [1.82, 2.24) is 20.2 Å². The average Bonchev–Trinajstić information content (AvgIpc) is 3.23. The lowest BCUT2D eigenvalue weighted by Crippen LogP contribution is -2.76. The molecular weight excluding hydrogens is 514 g/mol. The minimum Gasteiger partial charge on any atom is -0.484 e. The summed E-state index contributed by atoms with van der Waals surface area (Å²) in [7, 11) is 0. The van der Waals surface area contributed by atoms with Crippen LogP contribution in [0.25, 0.3) is 0 Å². The molecule has 1 aromatic heterocycles. The van der Waals surface area contributed by atoms with Crippen LogP contribution in [0.2, 0.25) is 5.02 Å². The topological polar surface area (TPSA) is 73.1 Å². The molecule has 2 aromatic carbocycles. The molecule has 3 saturated carbocycles. The van der Waals surface area contributed by atoms with Crippen molar-refractivity contribution >= 4 is 11.6 Å². The molecule has 3 aliphatic rings. The van der Waals surface area contributed by atoms with Crippen LogP contribution in [0.1, 0.15) is 30.4 Å². The van der Waals surface area contributed by atoms with E-state index in [0.717, 1.165) is 23.1 Å². The van der Waals surface area contributed by atoms with Crippen LogP contribution >= 0.6 is 11.6 Å². The number of aliphatic hydroxyl groups is 1. The van der Waals surface area contributed by atoms with Gasteiger partial charge in [-0.15, -0.1) is 5.10 Å². The first-order chi connectivity index (χ1) is 16.8. The van der Waals surface area contributed by atoms with Gasteiger partial charge in [0.25, 0.3) is 5.92 Å². The molecule has 3 aliphatic carbocycles. The standard InChI is InChI=1S/C23H19ClF6N4O2/c24-15-3-6-17(18(25)7-15)21(35,11-34-13-31-32-33-34)23(29,30)20-8-19(9-20,10-20)14-1-4-16(5-2-14)36-12-22(26,27)28/h1-7,13,35H,8-12H2/t19?,20?,21-/m1/s1. The SMILES string of the molecule is O[C@](Cn1cnnn1)(c1ccc(Cl)cc1F)C(F)(F)C12CC(c3ccc(OCC(F)(F)F)cc3)(C1)C2. The van der Waals surface area contributed by atoms with E-state index < -0.39 is 53.1 Å². The van der Waals surface area contributed by atoms with E-state index in [1.807, 2.05) is 0 Å². The number of tetrazole rings is 1. The van der Waals surface area contributed by atoms with Crippen molar-refractivity contribution in [1.29, 1.82) is 0 Å². The third-order valence-corrected chi connectivity index (χ3v) is 7.48. The van der Waals surface area contributed by atoms with Crippen molar-refractivity contribution in [3.8, 4) is 5.75 Å². The summed E-state index contributed by atoms with van der Waals surface area (Å²) in [5, 5.41) is 21.8. The van der Waals surface area contributed by atoms with Gasteiger partial charge in [0.05, 0.1) is 6.54 Å². The van der Waals surface area contributed by atoms with Crippen LogP contribution in [0.5, 0.6) is 5.75 Å². The summed E-state index contributed by atoms with van der Waals surface area (Å²) in [5.41, 5.74) is -5.16. The summed E-state index contributed by atoms with van der Waals surface area (Å²) in [6.45, 7) is -2.24. The van der Waals surface area contributed by atoms with Crippen molar-refractivity contribution in [3.63, 3.8) is 0 Å². The highest BCUT2D eigenvalue weighted by Gasteiger charge is 2.82. The van der Waals surface area contributed by atoms with Gasteiger partial charge in [0.1, 0.15) is 17.9 Å². The molecule has 6 rings (SSSR count). The second-order valence-electron chi connectivity index (χ2n) is 9.59.